The fourth-order valence-corrected chi connectivity index (χ4v) is 4.10. The normalized spacial score (nSPS) is 11.5. The highest BCUT2D eigenvalue weighted by molar-refractivity contribution is 6.30. The number of halogens is 1. The first kappa shape index (κ1) is 19.5. The molecule has 156 valence electrons. The lowest BCUT2D eigenvalue weighted by Crippen LogP contribution is -2.09. The van der Waals surface area contributed by atoms with E-state index in [2.05, 4.69) is 33.6 Å². The third-order valence-electron chi connectivity index (χ3n) is 5.46. The number of fused-ring (bicyclic) bond motifs is 2. The fourth-order valence-electron chi connectivity index (χ4n) is 3.98. The summed E-state index contributed by atoms with van der Waals surface area (Å²) in [5.74, 6) is 1.34. The molecule has 3 aromatic heterocycles. The van der Waals surface area contributed by atoms with Gasteiger partial charge < -0.3 is 5.32 Å². The molecule has 0 saturated heterocycles. The minimum absolute atomic E-state index is 0.609. The van der Waals surface area contributed by atoms with Crippen LogP contribution in [-0.2, 0) is 13.6 Å². The van der Waals surface area contributed by atoms with Crippen LogP contribution in [0.25, 0.3) is 27.7 Å². The molecule has 7 nitrogen and oxygen atoms in total. The van der Waals surface area contributed by atoms with Gasteiger partial charge in [-0.1, -0.05) is 29.8 Å². The average molecular weight is 432 g/mol. The standard InChI is InChI=1S/C23H22ClN7/c1-13-19-11-17(7-10-20(19)30(4)28-13)21-14(2)29-31-22(21)26-15(3)27-23(31)25-12-16-5-8-18(24)9-6-16/h5-11H,12H2,1-4H3,(H,25,26,27). The lowest BCUT2D eigenvalue weighted by atomic mass is 10.0. The third kappa shape index (κ3) is 3.41. The molecule has 0 atom stereocenters. The molecule has 0 spiro atoms. The lowest BCUT2D eigenvalue weighted by Gasteiger charge is -2.09. The van der Waals surface area contributed by atoms with Gasteiger partial charge in [0, 0.05) is 29.6 Å². The van der Waals surface area contributed by atoms with Gasteiger partial charge in [-0.25, -0.2) is 4.98 Å². The molecular formula is C23H22ClN7. The van der Waals surface area contributed by atoms with Crippen molar-refractivity contribution in [1.82, 2.24) is 29.4 Å². The van der Waals surface area contributed by atoms with Crippen LogP contribution in [-0.4, -0.2) is 29.4 Å². The molecule has 0 aliphatic carbocycles. The Morgan fingerprint density at radius 1 is 0.935 bits per heavy atom. The molecule has 8 heteroatoms. The molecule has 0 aliphatic heterocycles. The molecular weight excluding hydrogens is 410 g/mol. The Morgan fingerprint density at radius 3 is 2.48 bits per heavy atom. The van der Waals surface area contributed by atoms with Gasteiger partial charge in [-0.3, -0.25) is 4.68 Å². The first-order valence-corrected chi connectivity index (χ1v) is 10.4. The Hall–Kier alpha value is -3.45. The molecule has 31 heavy (non-hydrogen) atoms. The van der Waals surface area contributed by atoms with Crippen LogP contribution in [0.2, 0.25) is 5.02 Å². The molecule has 2 aromatic carbocycles. The fraction of sp³-hybridized carbons (Fsp3) is 0.217. The van der Waals surface area contributed by atoms with E-state index in [1.54, 1.807) is 4.52 Å². The van der Waals surface area contributed by atoms with Gasteiger partial charge in [0.25, 0.3) is 0 Å². The zero-order chi connectivity index (χ0) is 21.7. The average Bonchev–Trinajstić information content (AvgIpc) is 3.22. The summed E-state index contributed by atoms with van der Waals surface area (Å²) in [5, 5.41) is 14.5. The monoisotopic (exact) mass is 431 g/mol. The molecule has 0 bridgehead atoms. The van der Waals surface area contributed by atoms with Gasteiger partial charge in [0.2, 0.25) is 5.95 Å². The van der Waals surface area contributed by atoms with Gasteiger partial charge in [-0.2, -0.15) is 19.7 Å². The van der Waals surface area contributed by atoms with Crippen molar-refractivity contribution in [3.8, 4) is 11.1 Å². The van der Waals surface area contributed by atoms with Crippen molar-refractivity contribution in [2.75, 3.05) is 5.32 Å². The zero-order valence-electron chi connectivity index (χ0n) is 17.8. The molecule has 0 saturated carbocycles. The maximum atomic E-state index is 5.99. The number of aryl methyl sites for hydroxylation is 4. The van der Waals surface area contributed by atoms with Crippen LogP contribution in [0.3, 0.4) is 0 Å². The van der Waals surface area contributed by atoms with Gasteiger partial charge in [-0.15, -0.1) is 0 Å². The van der Waals surface area contributed by atoms with Crippen molar-refractivity contribution < 1.29 is 0 Å². The minimum Gasteiger partial charge on any atom is -0.350 e. The predicted octanol–water partition coefficient (Wildman–Crippen LogP) is 4.87. The summed E-state index contributed by atoms with van der Waals surface area (Å²) in [6, 6.07) is 14.1. The summed E-state index contributed by atoms with van der Waals surface area (Å²) in [6.45, 7) is 6.54. The van der Waals surface area contributed by atoms with Crippen molar-refractivity contribution >= 4 is 34.1 Å². The van der Waals surface area contributed by atoms with Crippen LogP contribution in [0.4, 0.5) is 5.95 Å². The maximum Gasteiger partial charge on any atom is 0.227 e. The first-order chi connectivity index (χ1) is 14.9. The second kappa shape index (κ2) is 7.35. The Balaban J connectivity index is 1.59. The number of benzene rings is 2. The van der Waals surface area contributed by atoms with Gasteiger partial charge in [0.1, 0.15) is 5.82 Å². The predicted molar refractivity (Wildman–Crippen MR) is 123 cm³/mol. The lowest BCUT2D eigenvalue weighted by molar-refractivity contribution is 0.783. The Kier molecular flexibility index (Phi) is 4.63. The van der Waals surface area contributed by atoms with E-state index >= 15 is 0 Å². The molecule has 5 rings (SSSR count). The number of nitrogens with zero attached hydrogens (tertiary/aromatic N) is 6. The highest BCUT2D eigenvalue weighted by Crippen LogP contribution is 2.31. The highest BCUT2D eigenvalue weighted by atomic mass is 35.5. The van der Waals surface area contributed by atoms with Crippen molar-refractivity contribution in [2.24, 2.45) is 7.05 Å². The summed E-state index contributed by atoms with van der Waals surface area (Å²) in [4.78, 5) is 9.31. The van der Waals surface area contributed by atoms with Gasteiger partial charge >= 0.3 is 0 Å². The number of hydrogen-bond acceptors (Lipinski definition) is 5. The van der Waals surface area contributed by atoms with E-state index in [1.165, 1.54) is 0 Å². The second-order valence-electron chi connectivity index (χ2n) is 7.71. The molecule has 0 aliphatic rings. The van der Waals surface area contributed by atoms with E-state index in [1.807, 2.05) is 56.8 Å². The van der Waals surface area contributed by atoms with Crippen LogP contribution < -0.4 is 5.32 Å². The number of anilines is 1. The molecule has 0 radical (unpaired) electrons. The molecule has 5 aromatic rings. The van der Waals surface area contributed by atoms with Gasteiger partial charge in [0.15, 0.2) is 5.65 Å². The number of nitrogens with one attached hydrogen (secondary N) is 1. The van der Waals surface area contributed by atoms with Crippen molar-refractivity contribution in [1.29, 1.82) is 0 Å². The van der Waals surface area contributed by atoms with Gasteiger partial charge in [-0.05, 0) is 56.2 Å². The van der Waals surface area contributed by atoms with Crippen molar-refractivity contribution in [2.45, 2.75) is 27.3 Å². The number of aromatic nitrogens is 6. The van der Waals surface area contributed by atoms with E-state index in [9.17, 15) is 0 Å². The maximum absolute atomic E-state index is 5.99. The topological polar surface area (TPSA) is 72.9 Å². The summed E-state index contributed by atoms with van der Waals surface area (Å²) in [5.41, 5.74) is 6.97. The molecule has 3 heterocycles. The van der Waals surface area contributed by atoms with E-state index in [-0.39, 0.29) is 0 Å². The summed E-state index contributed by atoms with van der Waals surface area (Å²) in [6.07, 6.45) is 0. The smallest absolute Gasteiger partial charge is 0.227 e. The summed E-state index contributed by atoms with van der Waals surface area (Å²) in [7, 11) is 1.96. The van der Waals surface area contributed by atoms with E-state index in [4.69, 9.17) is 21.7 Å². The highest BCUT2D eigenvalue weighted by Gasteiger charge is 2.18. The number of rotatable bonds is 4. The van der Waals surface area contributed by atoms with Crippen LogP contribution in [0.5, 0.6) is 0 Å². The first-order valence-electron chi connectivity index (χ1n) is 10.1. The zero-order valence-corrected chi connectivity index (χ0v) is 18.6. The molecule has 0 amide bonds. The SMILES string of the molecule is Cc1nc(NCc2ccc(Cl)cc2)n2nc(C)c(-c3ccc4c(c3)c(C)nn4C)c2n1. The molecule has 0 fully saturated rings. The van der Waals surface area contributed by atoms with E-state index < -0.39 is 0 Å². The minimum atomic E-state index is 0.609. The van der Waals surface area contributed by atoms with Crippen molar-refractivity contribution in [3.05, 3.63) is 70.3 Å². The number of hydrogen-bond donors (Lipinski definition) is 1. The van der Waals surface area contributed by atoms with Crippen LogP contribution in [0.1, 0.15) is 22.8 Å². The van der Waals surface area contributed by atoms with Crippen molar-refractivity contribution in [3.63, 3.8) is 0 Å². The Morgan fingerprint density at radius 2 is 1.71 bits per heavy atom. The van der Waals surface area contributed by atoms with Crippen LogP contribution in [0, 0.1) is 20.8 Å². The Labute approximate surface area is 184 Å². The van der Waals surface area contributed by atoms with Crippen LogP contribution in [0.15, 0.2) is 42.5 Å². The summed E-state index contributed by atoms with van der Waals surface area (Å²) >= 11 is 5.99. The van der Waals surface area contributed by atoms with E-state index in [0.717, 1.165) is 49.7 Å². The van der Waals surface area contributed by atoms with Gasteiger partial charge in [0.05, 0.1) is 16.9 Å². The molecule has 0 unspecified atom stereocenters. The summed E-state index contributed by atoms with van der Waals surface area (Å²) < 4.78 is 3.69. The second-order valence-corrected chi connectivity index (χ2v) is 8.15. The molecule has 1 N–H and O–H groups in total. The Bertz CT molecular complexity index is 1430. The largest absolute Gasteiger partial charge is 0.350 e. The quantitative estimate of drug-likeness (QED) is 0.439. The van der Waals surface area contributed by atoms with E-state index in [0.29, 0.717) is 18.3 Å². The van der Waals surface area contributed by atoms with Crippen LogP contribution >= 0.6 is 11.6 Å². The third-order valence-corrected chi connectivity index (χ3v) is 5.71.